The van der Waals surface area contributed by atoms with Crippen molar-refractivity contribution in [1.82, 2.24) is 15.1 Å². The van der Waals surface area contributed by atoms with E-state index in [1.54, 1.807) is 11.1 Å². The fourth-order valence-electron chi connectivity index (χ4n) is 3.37. The summed E-state index contributed by atoms with van der Waals surface area (Å²) in [6, 6.07) is 7.97. The third-order valence-electron chi connectivity index (χ3n) is 4.94. The van der Waals surface area contributed by atoms with Crippen LogP contribution in [-0.2, 0) is 19.5 Å². The smallest absolute Gasteiger partial charge is 0.0349 e. The van der Waals surface area contributed by atoms with Crippen LogP contribution in [0.2, 0.25) is 0 Å². The number of fused-ring (bicyclic) bond motifs is 1. The average molecular weight is 367 g/mol. The van der Waals surface area contributed by atoms with E-state index in [1.165, 1.54) is 51.1 Å². The van der Waals surface area contributed by atoms with Crippen molar-refractivity contribution in [2.75, 3.05) is 32.7 Å². The zero-order valence-electron chi connectivity index (χ0n) is 12.8. The Morgan fingerprint density at radius 1 is 1.00 bits per heavy atom. The first-order chi connectivity index (χ1) is 9.38. The van der Waals surface area contributed by atoms with Gasteiger partial charge in [-0.1, -0.05) is 18.2 Å². The molecule has 0 aromatic heterocycles. The molecule has 0 amide bonds. The van der Waals surface area contributed by atoms with E-state index in [0.717, 1.165) is 19.1 Å². The molecule has 3 aliphatic heterocycles. The summed E-state index contributed by atoms with van der Waals surface area (Å²) in [4.78, 5) is 5.19. The summed E-state index contributed by atoms with van der Waals surface area (Å²) >= 11 is 0. The Morgan fingerprint density at radius 2 is 1.77 bits per heavy atom. The molecule has 2 fully saturated rings. The van der Waals surface area contributed by atoms with Crippen LogP contribution in [0.1, 0.15) is 23.1 Å². The van der Waals surface area contributed by atoms with Crippen LogP contribution < -0.4 is 5.32 Å². The molecule has 0 aliphatic carbocycles. The highest BCUT2D eigenvalue weighted by Crippen LogP contribution is 2.24. The zero-order chi connectivity index (χ0) is 12.7. The van der Waals surface area contributed by atoms with Crippen molar-refractivity contribution in [1.29, 1.82) is 0 Å². The third-order valence-corrected chi connectivity index (χ3v) is 4.94. The topological polar surface area (TPSA) is 18.5 Å². The lowest BCUT2D eigenvalue weighted by Gasteiger charge is -2.41. The van der Waals surface area contributed by atoms with Gasteiger partial charge in [0.05, 0.1) is 0 Å². The Kier molecular flexibility index (Phi) is 7.93. The second-order valence-electron chi connectivity index (χ2n) is 6.27. The van der Waals surface area contributed by atoms with Crippen molar-refractivity contribution in [3.8, 4) is 0 Å². The summed E-state index contributed by atoms with van der Waals surface area (Å²) in [7, 11) is 0. The predicted octanol–water partition coefficient (Wildman–Crippen LogP) is 2.49. The van der Waals surface area contributed by atoms with Gasteiger partial charge in [0.1, 0.15) is 0 Å². The van der Waals surface area contributed by atoms with E-state index in [9.17, 15) is 0 Å². The minimum absolute atomic E-state index is 0. The molecule has 0 bridgehead atoms. The van der Waals surface area contributed by atoms with E-state index < -0.39 is 0 Å². The van der Waals surface area contributed by atoms with Crippen LogP contribution in [0.25, 0.3) is 0 Å². The van der Waals surface area contributed by atoms with Gasteiger partial charge >= 0.3 is 0 Å². The number of hydrogen-bond acceptors (Lipinski definition) is 3. The molecule has 3 nitrogen and oxygen atoms in total. The van der Waals surface area contributed by atoms with E-state index in [2.05, 4.69) is 33.3 Å². The van der Waals surface area contributed by atoms with Crippen molar-refractivity contribution < 1.29 is 0 Å². The van der Waals surface area contributed by atoms with Gasteiger partial charge in [0.25, 0.3) is 0 Å². The van der Waals surface area contributed by atoms with Gasteiger partial charge in [0.2, 0.25) is 0 Å². The van der Waals surface area contributed by atoms with Crippen LogP contribution in [0, 0.1) is 0 Å². The molecule has 0 atom stereocenters. The highest BCUT2D eigenvalue weighted by molar-refractivity contribution is 5.86. The van der Waals surface area contributed by atoms with Crippen molar-refractivity contribution >= 4 is 37.2 Å². The molecule has 1 aromatic carbocycles. The molecule has 1 N–H and O–H groups in total. The van der Waals surface area contributed by atoms with Crippen molar-refractivity contribution in [2.45, 2.75) is 32.0 Å². The van der Waals surface area contributed by atoms with Gasteiger partial charge < -0.3 is 5.32 Å². The molecular formula is C16H26Cl3N3. The number of nitrogens with one attached hydrogen (secondary N) is 1. The summed E-state index contributed by atoms with van der Waals surface area (Å²) in [6.07, 6.45) is 2.62. The summed E-state index contributed by atoms with van der Waals surface area (Å²) in [5, 5.41) is 3.38. The number of benzene rings is 1. The van der Waals surface area contributed by atoms with Gasteiger partial charge in [-0.05, 0) is 42.6 Å². The van der Waals surface area contributed by atoms with E-state index in [0.29, 0.717) is 0 Å². The summed E-state index contributed by atoms with van der Waals surface area (Å²) in [5.74, 6) is 0. The molecule has 3 heterocycles. The molecular weight excluding hydrogens is 341 g/mol. The highest BCUT2D eigenvalue weighted by Gasteiger charge is 2.27. The SMILES string of the molecule is Cl.Cl.Cl.c1cc2c(cc1CN1CCC1)CCN(C1CNC1)C2. The van der Waals surface area contributed by atoms with Crippen LogP contribution in [-0.4, -0.2) is 48.6 Å². The fraction of sp³-hybridized carbons (Fsp3) is 0.625. The number of nitrogens with zero attached hydrogens (tertiary/aromatic N) is 2. The highest BCUT2D eigenvalue weighted by atomic mass is 35.5. The molecule has 0 spiro atoms. The molecule has 3 aliphatic rings. The second-order valence-corrected chi connectivity index (χ2v) is 6.27. The zero-order valence-corrected chi connectivity index (χ0v) is 15.2. The largest absolute Gasteiger partial charge is 0.314 e. The molecule has 22 heavy (non-hydrogen) atoms. The minimum atomic E-state index is 0. The van der Waals surface area contributed by atoms with Gasteiger partial charge in [-0.15, -0.1) is 37.2 Å². The Morgan fingerprint density at radius 3 is 2.36 bits per heavy atom. The van der Waals surface area contributed by atoms with Gasteiger partial charge in [-0.25, -0.2) is 0 Å². The van der Waals surface area contributed by atoms with Crippen LogP contribution in [0.4, 0.5) is 0 Å². The Balaban J connectivity index is 0.000000807. The summed E-state index contributed by atoms with van der Waals surface area (Å²) in [6.45, 7) is 8.51. The first-order valence-electron chi connectivity index (χ1n) is 7.66. The molecule has 4 rings (SSSR count). The van der Waals surface area contributed by atoms with Gasteiger partial charge in [-0.3, -0.25) is 9.80 Å². The molecule has 1 aromatic rings. The molecule has 0 unspecified atom stereocenters. The maximum atomic E-state index is 3.38. The van der Waals surface area contributed by atoms with E-state index >= 15 is 0 Å². The van der Waals surface area contributed by atoms with Crippen molar-refractivity contribution in [3.63, 3.8) is 0 Å². The maximum absolute atomic E-state index is 3.38. The van der Waals surface area contributed by atoms with E-state index in [-0.39, 0.29) is 37.2 Å². The number of likely N-dealkylation sites (tertiary alicyclic amines) is 1. The Hall–Kier alpha value is -0.0300. The van der Waals surface area contributed by atoms with Crippen LogP contribution >= 0.6 is 37.2 Å². The summed E-state index contributed by atoms with van der Waals surface area (Å²) < 4.78 is 0. The summed E-state index contributed by atoms with van der Waals surface area (Å²) in [5.41, 5.74) is 4.67. The first kappa shape index (κ1) is 20.0. The van der Waals surface area contributed by atoms with Crippen LogP contribution in [0.3, 0.4) is 0 Å². The Labute approximate surface area is 152 Å². The van der Waals surface area contributed by atoms with Gasteiger partial charge in [-0.2, -0.15) is 0 Å². The van der Waals surface area contributed by atoms with E-state index in [4.69, 9.17) is 0 Å². The predicted molar refractivity (Wildman–Crippen MR) is 98.9 cm³/mol. The van der Waals surface area contributed by atoms with Crippen LogP contribution in [0.15, 0.2) is 18.2 Å². The van der Waals surface area contributed by atoms with Crippen molar-refractivity contribution in [3.05, 3.63) is 34.9 Å². The number of rotatable bonds is 3. The molecule has 6 heteroatoms. The lowest BCUT2D eigenvalue weighted by molar-refractivity contribution is 0.131. The molecule has 126 valence electrons. The van der Waals surface area contributed by atoms with Crippen molar-refractivity contribution in [2.24, 2.45) is 0 Å². The molecule has 0 saturated carbocycles. The van der Waals surface area contributed by atoms with E-state index in [1.807, 2.05) is 0 Å². The number of hydrogen-bond donors (Lipinski definition) is 1. The standard InChI is InChI=1S/C16H23N3.3ClH/c1-5-18(6-1)11-13-2-3-15-12-19(16-9-17-10-16)7-4-14(15)8-13;;;/h2-3,8,16-17H,1,4-7,9-12H2;3*1H. The first-order valence-corrected chi connectivity index (χ1v) is 7.66. The quantitative estimate of drug-likeness (QED) is 0.886. The van der Waals surface area contributed by atoms with Crippen LogP contribution in [0.5, 0.6) is 0 Å². The lowest BCUT2D eigenvalue weighted by atomic mass is 9.95. The number of halogens is 3. The molecule has 0 radical (unpaired) electrons. The average Bonchev–Trinajstić information content (AvgIpc) is 2.32. The normalized spacial score (nSPS) is 21.3. The lowest BCUT2D eigenvalue weighted by Crippen LogP contribution is -2.58. The van der Waals surface area contributed by atoms with Gasteiger partial charge in [0, 0.05) is 38.8 Å². The fourth-order valence-corrected chi connectivity index (χ4v) is 3.37. The minimum Gasteiger partial charge on any atom is -0.314 e. The second kappa shape index (κ2) is 8.72. The third kappa shape index (κ3) is 4.08. The van der Waals surface area contributed by atoms with Gasteiger partial charge in [0.15, 0.2) is 0 Å². The molecule has 2 saturated heterocycles. The maximum Gasteiger partial charge on any atom is 0.0349 e. The Bertz CT molecular complexity index is 476. The monoisotopic (exact) mass is 365 g/mol.